The van der Waals surface area contributed by atoms with Crippen LogP contribution in [0.1, 0.15) is 42.7 Å². The normalized spacial score (nSPS) is 12.1. The molecule has 0 aliphatic heterocycles. The minimum atomic E-state index is -1.14. The summed E-state index contributed by atoms with van der Waals surface area (Å²) in [6.45, 7) is 5.26. The average molecular weight is 518 g/mol. The Kier molecular flexibility index (Phi) is 7.52. The van der Waals surface area contributed by atoms with Gasteiger partial charge < -0.3 is 10.1 Å². The van der Waals surface area contributed by atoms with E-state index >= 15 is 0 Å². The van der Waals surface area contributed by atoms with E-state index in [1.165, 1.54) is 53.1 Å². The summed E-state index contributed by atoms with van der Waals surface area (Å²) in [5.74, 6) is -1.94. The number of nitrogens with one attached hydrogen (secondary N) is 1. The molecule has 0 aliphatic carbocycles. The van der Waals surface area contributed by atoms with Crippen LogP contribution >= 0.6 is 0 Å². The third-order valence-electron chi connectivity index (χ3n) is 5.73. The highest BCUT2D eigenvalue weighted by Gasteiger charge is 2.35. The van der Waals surface area contributed by atoms with Crippen LogP contribution in [-0.2, 0) is 20.9 Å². The van der Waals surface area contributed by atoms with E-state index in [0.717, 1.165) is 0 Å². The van der Waals surface area contributed by atoms with Crippen molar-refractivity contribution in [2.24, 2.45) is 0 Å². The maximum Gasteiger partial charge on any atom is 0.337 e. The number of carbonyl (C=O) groups is 3. The van der Waals surface area contributed by atoms with E-state index in [1.54, 1.807) is 24.3 Å². The number of amides is 2. The fraction of sp³-hybridized carbons (Fsp3) is 0.250. The monoisotopic (exact) mass is 517 g/mol. The molecular weight excluding hydrogens is 489 g/mol. The van der Waals surface area contributed by atoms with Crippen LogP contribution in [0.4, 0.5) is 10.1 Å². The molecular formula is C28H28FN5O4. The molecule has 1 atom stereocenters. The molecule has 1 N–H and O–H groups in total. The van der Waals surface area contributed by atoms with E-state index in [4.69, 9.17) is 4.74 Å². The summed E-state index contributed by atoms with van der Waals surface area (Å²) in [6, 6.07) is 17.6. The Balaban J connectivity index is 1.82. The SMILES string of the molecule is COC(=O)c1ccc([C@H](C(=O)NC(C)(C)C)N(C(=O)Cn2nnc3ccccc32)c2ccc(F)cc2)cc1. The van der Waals surface area contributed by atoms with Gasteiger partial charge in [0.05, 0.1) is 18.2 Å². The lowest BCUT2D eigenvalue weighted by atomic mass is 9.99. The van der Waals surface area contributed by atoms with Crippen molar-refractivity contribution in [3.8, 4) is 0 Å². The average Bonchev–Trinajstić information content (AvgIpc) is 3.29. The standard InChI is InChI=1S/C28H28FN5O4/c1-28(2,3)30-26(36)25(18-9-11-19(12-10-18)27(37)38-4)34(21-15-13-20(29)14-16-21)24(35)17-33-23-8-6-5-7-22(23)31-32-33/h5-16,25H,17H2,1-4H3,(H,30,36)/t25-/m1/s1. The van der Waals surface area contributed by atoms with Gasteiger partial charge in [-0.15, -0.1) is 5.10 Å². The van der Waals surface area contributed by atoms with Crippen LogP contribution in [0.2, 0.25) is 0 Å². The zero-order valence-corrected chi connectivity index (χ0v) is 21.5. The fourth-order valence-electron chi connectivity index (χ4n) is 4.05. The molecule has 0 bridgehead atoms. The van der Waals surface area contributed by atoms with Crippen LogP contribution < -0.4 is 10.2 Å². The second-order valence-corrected chi connectivity index (χ2v) is 9.73. The van der Waals surface area contributed by atoms with E-state index in [9.17, 15) is 18.8 Å². The number of rotatable bonds is 7. The first-order chi connectivity index (χ1) is 18.1. The second kappa shape index (κ2) is 10.8. The summed E-state index contributed by atoms with van der Waals surface area (Å²) in [6.07, 6.45) is 0. The number of ether oxygens (including phenoxy) is 1. The van der Waals surface area contributed by atoms with Gasteiger partial charge in [-0.05, 0) is 74.9 Å². The van der Waals surface area contributed by atoms with Crippen molar-refractivity contribution in [2.45, 2.75) is 38.9 Å². The van der Waals surface area contributed by atoms with Crippen molar-refractivity contribution in [2.75, 3.05) is 12.0 Å². The minimum absolute atomic E-state index is 0.225. The number of hydrogen-bond acceptors (Lipinski definition) is 6. The predicted octanol–water partition coefficient (Wildman–Crippen LogP) is 4.05. The lowest BCUT2D eigenvalue weighted by molar-refractivity contribution is -0.128. The number of aromatic nitrogens is 3. The number of carbonyl (C=O) groups excluding carboxylic acids is 3. The van der Waals surface area contributed by atoms with Gasteiger partial charge in [0.2, 0.25) is 11.8 Å². The summed E-state index contributed by atoms with van der Waals surface area (Å²) in [5.41, 5.74) is 1.71. The number of benzene rings is 3. The Bertz CT molecular complexity index is 1460. The summed E-state index contributed by atoms with van der Waals surface area (Å²) in [5, 5.41) is 11.2. The molecule has 9 nitrogen and oxygen atoms in total. The van der Waals surface area contributed by atoms with E-state index in [-0.39, 0.29) is 6.54 Å². The molecule has 0 unspecified atom stereocenters. The molecule has 0 saturated heterocycles. The van der Waals surface area contributed by atoms with Crippen LogP contribution in [0.15, 0.2) is 72.8 Å². The van der Waals surface area contributed by atoms with E-state index in [1.807, 2.05) is 32.9 Å². The van der Waals surface area contributed by atoms with Gasteiger partial charge in [-0.2, -0.15) is 0 Å². The maximum absolute atomic E-state index is 13.9. The number of fused-ring (bicyclic) bond motifs is 1. The number of esters is 1. The van der Waals surface area contributed by atoms with Gasteiger partial charge >= 0.3 is 5.97 Å². The molecule has 0 spiro atoms. The Morgan fingerprint density at radius 1 is 1.00 bits per heavy atom. The number of halogens is 1. The number of anilines is 1. The highest BCUT2D eigenvalue weighted by atomic mass is 19.1. The van der Waals surface area contributed by atoms with Crippen LogP contribution in [0.5, 0.6) is 0 Å². The molecule has 4 aromatic rings. The first kappa shape index (κ1) is 26.5. The highest BCUT2D eigenvalue weighted by molar-refractivity contribution is 6.02. The Morgan fingerprint density at radius 2 is 1.66 bits per heavy atom. The number of nitrogens with zero attached hydrogens (tertiary/aromatic N) is 4. The van der Waals surface area contributed by atoms with Crippen molar-refractivity contribution < 1.29 is 23.5 Å². The Morgan fingerprint density at radius 3 is 2.29 bits per heavy atom. The molecule has 1 aromatic heterocycles. The van der Waals surface area contributed by atoms with Crippen molar-refractivity contribution >= 4 is 34.5 Å². The molecule has 0 saturated carbocycles. The van der Waals surface area contributed by atoms with Gasteiger partial charge in [-0.3, -0.25) is 14.5 Å². The molecule has 3 aromatic carbocycles. The second-order valence-electron chi connectivity index (χ2n) is 9.73. The molecule has 2 amide bonds. The van der Waals surface area contributed by atoms with Crippen LogP contribution in [0.3, 0.4) is 0 Å². The third-order valence-corrected chi connectivity index (χ3v) is 5.73. The highest BCUT2D eigenvalue weighted by Crippen LogP contribution is 2.30. The van der Waals surface area contributed by atoms with Gasteiger partial charge in [0.1, 0.15) is 23.9 Å². The molecule has 4 rings (SSSR count). The summed E-state index contributed by atoms with van der Waals surface area (Å²) < 4.78 is 20.1. The van der Waals surface area contributed by atoms with Crippen LogP contribution in [-0.4, -0.2) is 45.4 Å². The van der Waals surface area contributed by atoms with E-state index in [2.05, 4.69) is 15.6 Å². The maximum atomic E-state index is 13.9. The fourth-order valence-corrected chi connectivity index (χ4v) is 4.05. The molecule has 0 fully saturated rings. The molecule has 196 valence electrons. The van der Waals surface area contributed by atoms with Crippen molar-refractivity contribution in [1.82, 2.24) is 20.3 Å². The lowest BCUT2D eigenvalue weighted by Crippen LogP contribution is -2.50. The topological polar surface area (TPSA) is 106 Å². The van der Waals surface area contributed by atoms with E-state index < -0.39 is 35.2 Å². The Labute approximate surface area is 219 Å². The van der Waals surface area contributed by atoms with Crippen molar-refractivity contribution in [3.05, 3.63) is 89.7 Å². The zero-order valence-electron chi connectivity index (χ0n) is 21.5. The van der Waals surface area contributed by atoms with Gasteiger partial charge in [-0.1, -0.05) is 29.5 Å². The predicted molar refractivity (Wildman–Crippen MR) is 140 cm³/mol. The molecule has 1 heterocycles. The van der Waals surface area contributed by atoms with Crippen LogP contribution in [0.25, 0.3) is 11.0 Å². The van der Waals surface area contributed by atoms with Gasteiger partial charge in [0.15, 0.2) is 0 Å². The smallest absolute Gasteiger partial charge is 0.337 e. The molecule has 38 heavy (non-hydrogen) atoms. The molecule has 10 heteroatoms. The quantitative estimate of drug-likeness (QED) is 0.371. The summed E-state index contributed by atoms with van der Waals surface area (Å²) in [7, 11) is 1.28. The van der Waals surface area contributed by atoms with Crippen LogP contribution in [0, 0.1) is 5.82 Å². The number of methoxy groups -OCH3 is 1. The first-order valence-corrected chi connectivity index (χ1v) is 11.9. The third kappa shape index (κ3) is 5.86. The Hall–Kier alpha value is -4.60. The summed E-state index contributed by atoms with van der Waals surface area (Å²) >= 11 is 0. The van der Waals surface area contributed by atoms with Gasteiger partial charge in [-0.25, -0.2) is 13.9 Å². The number of para-hydroxylation sites is 1. The largest absolute Gasteiger partial charge is 0.465 e. The lowest BCUT2D eigenvalue weighted by Gasteiger charge is -2.34. The van der Waals surface area contributed by atoms with Gasteiger partial charge in [0.25, 0.3) is 0 Å². The summed E-state index contributed by atoms with van der Waals surface area (Å²) in [4.78, 5) is 41.0. The van der Waals surface area contributed by atoms with E-state index in [0.29, 0.717) is 27.8 Å². The molecule has 0 radical (unpaired) electrons. The van der Waals surface area contributed by atoms with Crippen molar-refractivity contribution in [3.63, 3.8) is 0 Å². The number of hydrogen-bond donors (Lipinski definition) is 1. The molecule has 0 aliphatic rings. The van der Waals surface area contributed by atoms with Gasteiger partial charge in [0, 0.05) is 11.2 Å². The van der Waals surface area contributed by atoms with Crippen molar-refractivity contribution in [1.29, 1.82) is 0 Å². The minimum Gasteiger partial charge on any atom is -0.465 e. The first-order valence-electron chi connectivity index (χ1n) is 11.9. The zero-order chi connectivity index (χ0) is 27.4.